The second-order valence-corrected chi connectivity index (χ2v) is 4.80. The molecule has 1 amide bonds. The first kappa shape index (κ1) is 13.5. The number of nitrogens with one attached hydrogen (secondary N) is 1. The maximum absolute atomic E-state index is 11.8. The van der Waals surface area contributed by atoms with Crippen LogP contribution in [0.5, 0.6) is 5.75 Å². The summed E-state index contributed by atoms with van der Waals surface area (Å²) in [5.41, 5.74) is 0.347. The van der Waals surface area contributed by atoms with Crippen LogP contribution in [0.1, 0.15) is 31.1 Å². The van der Waals surface area contributed by atoms with Crippen LogP contribution in [0.3, 0.4) is 0 Å². The molecule has 0 saturated carbocycles. The first-order valence-corrected chi connectivity index (χ1v) is 5.58. The normalized spacial score (nSPS) is 11.1. The molecule has 1 aromatic carbocycles. The van der Waals surface area contributed by atoms with Crippen molar-refractivity contribution >= 4 is 5.91 Å². The number of hydrogen-bond acceptors (Lipinski definition) is 3. The number of carbonyl (C=O) groups is 1. The summed E-state index contributed by atoms with van der Waals surface area (Å²) in [6.45, 7) is 6.04. The fourth-order valence-corrected chi connectivity index (χ4v) is 1.28. The SMILES string of the molecule is CC(C)(C)NC(=O)c1ccc(OCCO)cc1. The summed E-state index contributed by atoms with van der Waals surface area (Å²) < 4.78 is 5.21. The van der Waals surface area contributed by atoms with Crippen molar-refractivity contribution in [3.8, 4) is 5.75 Å². The Morgan fingerprint density at radius 2 is 1.88 bits per heavy atom. The third-order valence-corrected chi connectivity index (χ3v) is 1.97. The lowest BCUT2D eigenvalue weighted by atomic mass is 10.1. The van der Waals surface area contributed by atoms with Crippen LogP contribution in [-0.2, 0) is 0 Å². The molecule has 0 unspecified atom stereocenters. The van der Waals surface area contributed by atoms with Crippen LogP contribution in [0, 0.1) is 0 Å². The molecule has 1 rings (SSSR count). The number of rotatable bonds is 4. The zero-order valence-corrected chi connectivity index (χ0v) is 10.5. The Labute approximate surface area is 102 Å². The second kappa shape index (κ2) is 5.68. The van der Waals surface area contributed by atoms with Crippen LogP contribution in [0.4, 0.5) is 0 Å². The molecule has 94 valence electrons. The van der Waals surface area contributed by atoms with Gasteiger partial charge in [0.25, 0.3) is 5.91 Å². The molecule has 0 aliphatic heterocycles. The van der Waals surface area contributed by atoms with Gasteiger partial charge in [-0.15, -0.1) is 0 Å². The van der Waals surface area contributed by atoms with Crippen molar-refractivity contribution < 1.29 is 14.6 Å². The van der Waals surface area contributed by atoms with E-state index in [0.29, 0.717) is 11.3 Å². The molecule has 0 aliphatic rings. The van der Waals surface area contributed by atoms with E-state index in [2.05, 4.69) is 5.32 Å². The lowest BCUT2D eigenvalue weighted by Crippen LogP contribution is -2.40. The van der Waals surface area contributed by atoms with Crippen LogP contribution in [-0.4, -0.2) is 29.8 Å². The van der Waals surface area contributed by atoms with Crippen molar-refractivity contribution in [2.24, 2.45) is 0 Å². The van der Waals surface area contributed by atoms with Crippen molar-refractivity contribution in [3.63, 3.8) is 0 Å². The van der Waals surface area contributed by atoms with Gasteiger partial charge in [0.15, 0.2) is 0 Å². The Hall–Kier alpha value is -1.55. The standard InChI is InChI=1S/C13H19NO3/c1-13(2,3)14-12(16)10-4-6-11(7-5-10)17-9-8-15/h4-7,15H,8-9H2,1-3H3,(H,14,16). The van der Waals surface area contributed by atoms with Crippen LogP contribution in [0.15, 0.2) is 24.3 Å². The van der Waals surface area contributed by atoms with Gasteiger partial charge in [-0.3, -0.25) is 4.79 Å². The van der Waals surface area contributed by atoms with Crippen LogP contribution >= 0.6 is 0 Å². The van der Waals surface area contributed by atoms with Gasteiger partial charge in [0.05, 0.1) is 6.61 Å². The van der Waals surface area contributed by atoms with Gasteiger partial charge in [-0.2, -0.15) is 0 Å². The fraction of sp³-hybridized carbons (Fsp3) is 0.462. The van der Waals surface area contributed by atoms with E-state index < -0.39 is 0 Å². The molecule has 0 fully saturated rings. The molecule has 0 spiro atoms. The third-order valence-electron chi connectivity index (χ3n) is 1.97. The highest BCUT2D eigenvalue weighted by Crippen LogP contribution is 2.12. The average molecular weight is 237 g/mol. The second-order valence-electron chi connectivity index (χ2n) is 4.80. The first-order chi connectivity index (χ1) is 7.92. The summed E-state index contributed by atoms with van der Waals surface area (Å²) in [4.78, 5) is 11.8. The topological polar surface area (TPSA) is 58.6 Å². The smallest absolute Gasteiger partial charge is 0.251 e. The van der Waals surface area contributed by atoms with Crippen molar-refractivity contribution in [1.29, 1.82) is 0 Å². The minimum atomic E-state index is -0.247. The lowest BCUT2D eigenvalue weighted by molar-refractivity contribution is 0.0919. The number of hydrogen-bond donors (Lipinski definition) is 2. The summed E-state index contributed by atoms with van der Waals surface area (Å²) in [5, 5.41) is 11.5. The fourth-order valence-electron chi connectivity index (χ4n) is 1.28. The third kappa shape index (κ3) is 4.87. The van der Waals surface area contributed by atoms with E-state index in [0.717, 1.165) is 0 Å². The molecule has 0 radical (unpaired) electrons. The number of aliphatic hydroxyl groups excluding tert-OH is 1. The largest absolute Gasteiger partial charge is 0.491 e. The minimum absolute atomic E-state index is 0.0216. The zero-order valence-electron chi connectivity index (χ0n) is 10.5. The van der Waals surface area contributed by atoms with Gasteiger partial charge in [0.1, 0.15) is 12.4 Å². The monoisotopic (exact) mass is 237 g/mol. The average Bonchev–Trinajstić information content (AvgIpc) is 2.24. The number of amides is 1. The summed E-state index contributed by atoms with van der Waals surface area (Å²) in [7, 11) is 0. The molecule has 4 nitrogen and oxygen atoms in total. The quantitative estimate of drug-likeness (QED) is 0.836. The predicted molar refractivity (Wildman–Crippen MR) is 66.2 cm³/mol. The van der Waals surface area contributed by atoms with Gasteiger partial charge in [-0.05, 0) is 45.0 Å². The van der Waals surface area contributed by atoms with Gasteiger partial charge in [-0.1, -0.05) is 0 Å². The molecular formula is C13H19NO3. The minimum Gasteiger partial charge on any atom is -0.491 e. The van der Waals surface area contributed by atoms with Crippen LogP contribution in [0.25, 0.3) is 0 Å². The molecule has 0 aliphatic carbocycles. The summed E-state index contributed by atoms with van der Waals surface area (Å²) >= 11 is 0. The summed E-state index contributed by atoms with van der Waals surface area (Å²) in [6.07, 6.45) is 0. The van der Waals surface area contributed by atoms with Crippen molar-refractivity contribution in [1.82, 2.24) is 5.32 Å². The Kier molecular flexibility index (Phi) is 4.52. The van der Waals surface area contributed by atoms with Crippen LogP contribution in [0.2, 0.25) is 0 Å². The molecule has 0 bridgehead atoms. The maximum Gasteiger partial charge on any atom is 0.251 e. The van der Waals surface area contributed by atoms with Crippen molar-refractivity contribution in [2.75, 3.05) is 13.2 Å². The van der Waals surface area contributed by atoms with Gasteiger partial charge < -0.3 is 15.2 Å². The maximum atomic E-state index is 11.8. The van der Waals surface area contributed by atoms with Gasteiger partial charge in [0.2, 0.25) is 0 Å². The highest BCUT2D eigenvalue weighted by atomic mass is 16.5. The van der Waals surface area contributed by atoms with Gasteiger partial charge in [0, 0.05) is 11.1 Å². The number of ether oxygens (including phenoxy) is 1. The van der Waals surface area contributed by atoms with E-state index in [1.165, 1.54) is 0 Å². The highest BCUT2D eigenvalue weighted by molar-refractivity contribution is 5.94. The van der Waals surface area contributed by atoms with E-state index in [4.69, 9.17) is 9.84 Å². The van der Waals surface area contributed by atoms with Crippen molar-refractivity contribution in [3.05, 3.63) is 29.8 Å². The Morgan fingerprint density at radius 3 is 2.35 bits per heavy atom. The van der Waals surface area contributed by atoms with E-state index in [1.54, 1.807) is 24.3 Å². The molecule has 0 aromatic heterocycles. The molecule has 4 heteroatoms. The van der Waals surface area contributed by atoms with Crippen LogP contribution < -0.4 is 10.1 Å². The molecule has 0 heterocycles. The zero-order chi connectivity index (χ0) is 12.9. The molecular weight excluding hydrogens is 218 g/mol. The number of aliphatic hydroxyl groups is 1. The number of benzene rings is 1. The van der Waals surface area contributed by atoms with Gasteiger partial charge >= 0.3 is 0 Å². The highest BCUT2D eigenvalue weighted by Gasteiger charge is 2.14. The molecule has 1 aromatic rings. The lowest BCUT2D eigenvalue weighted by Gasteiger charge is -2.20. The summed E-state index contributed by atoms with van der Waals surface area (Å²) in [5.74, 6) is 0.539. The molecule has 2 N–H and O–H groups in total. The summed E-state index contributed by atoms with van der Waals surface area (Å²) in [6, 6.07) is 6.84. The van der Waals surface area contributed by atoms with E-state index in [9.17, 15) is 4.79 Å². The first-order valence-electron chi connectivity index (χ1n) is 5.58. The van der Waals surface area contributed by atoms with Crippen molar-refractivity contribution in [2.45, 2.75) is 26.3 Å². The molecule has 0 atom stereocenters. The van der Waals surface area contributed by atoms with E-state index in [1.807, 2.05) is 20.8 Å². The van der Waals surface area contributed by atoms with Gasteiger partial charge in [-0.25, -0.2) is 0 Å². The van der Waals surface area contributed by atoms with E-state index in [-0.39, 0.29) is 24.7 Å². The van der Waals surface area contributed by atoms with E-state index >= 15 is 0 Å². The number of carbonyl (C=O) groups excluding carboxylic acids is 1. The Bertz CT molecular complexity index is 365. The molecule has 17 heavy (non-hydrogen) atoms. The molecule has 0 saturated heterocycles. The Balaban J connectivity index is 2.64. The predicted octanol–water partition coefficient (Wildman–Crippen LogP) is 1.59. The Morgan fingerprint density at radius 1 is 1.29 bits per heavy atom.